The smallest absolute Gasteiger partial charge is 0.188 e. The highest BCUT2D eigenvalue weighted by Gasteiger charge is 2.29. The van der Waals surface area contributed by atoms with Gasteiger partial charge in [0.15, 0.2) is 6.49 Å². The number of hydrogen-bond donors (Lipinski definition) is 0. The molecule has 0 saturated heterocycles. The molecule has 0 N–H and O–H groups in total. The highest BCUT2D eigenvalue weighted by molar-refractivity contribution is 9.10. The number of benzene rings is 3. The molecule has 32 heavy (non-hydrogen) atoms. The molecule has 0 aliphatic carbocycles. The Hall–Kier alpha value is 0.720. The third-order valence-corrected chi connectivity index (χ3v) is 6.74. The summed E-state index contributed by atoms with van der Waals surface area (Å²) in [5.41, 5.74) is 1.01. The molecule has 0 nitrogen and oxygen atoms in total. The minimum atomic E-state index is -3.13. The van der Waals surface area contributed by atoms with Gasteiger partial charge in [0, 0.05) is 11.1 Å². The lowest BCUT2D eigenvalue weighted by molar-refractivity contribution is 0.114. The molecule has 174 valence electrons. The SMILES string of the molecule is ClC(Cl)(Br)c1ccc(C(Cl)(Cl)Br)cc1.FC(F)(Br)c1ccc2cc(C(F)(F)Br)ccc2c1. The molecule has 0 aliphatic heterocycles. The predicted molar refractivity (Wildman–Crippen MR) is 141 cm³/mol. The summed E-state index contributed by atoms with van der Waals surface area (Å²) < 4.78 is 50.0. The number of alkyl halides is 12. The minimum absolute atomic E-state index is 0.214. The third kappa shape index (κ3) is 8.43. The minimum Gasteiger partial charge on any atom is -0.188 e. The molecule has 0 fully saturated rings. The molecule has 3 aromatic carbocycles. The Morgan fingerprint density at radius 2 is 0.719 bits per heavy atom. The summed E-state index contributed by atoms with van der Waals surface area (Å²) in [6, 6.07) is 14.7. The van der Waals surface area contributed by atoms with Crippen LogP contribution in [0.15, 0.2) is 60.7 Å². The topological polar surface area (TPSA) is 0 Å². The summed E-state index contributed by atoms with van der Waals surface area (Å²) in [5.74, 6) is 0. The van der Waals surface area contributed by atoms with Gasteiger partial charge in [-0.05, 0) is 97.8 Å². The van der Waals surface area contributed by atoms with Gasteiger partial charge in [0.05, 0.1) is 0 Å². The summed E-state index contributed by atoms with van der Waals surface area (Å²) in [4.78, 5) is -6.25. The maximum Gasteiger partial charge on any atom is 0.326 e. The van der Waals surface area contributed by atoms with Crippen LogP contribution >= 0.6 is 110 Å². The zero-order valence-corrected chi connectivity index (χ0v) is 24.7. The zero-order valence-electron chi connectivity index (χ0n) is 15.3. The predicted octanol–water partition coefficient (Wildman–Crippen LogP) is 11.4. The lowest BCUT2D eigenvalue weighted by atomic mass is 10.0. The van der Waals surface area contributed by atoms with E-state index in [9.17, 15) is 17.6 Å². The molecule has 3 aromatic rings. The van der Waals surface area contributed by atoms with E-state index in [1.54, 1.807) is 24.3 Å². The fourth-order valence-corrected chi connectivity index (χ4v) is 3.97. The second kappa shape index (κ2) is 10.8. The first-order chi connectivity index (χ1) is 14.4. The Labute approximate surface area is 235 Å². The summed E-state index contributed by atoms with van der Waals surface area (Å²) in [6.45, 7) is 0. The monoisotopic (exact) mass is 782 g/mol. The highest BCUT2D eigenvalue weighted by Crippen LogP contribution is 2.44. The van der Waals surface area contributed by atoms with Crippen molar-refractivity contribution in [2.24, 2.45) is 0 Å². The second-order valence-corrected chi connectivity index (χ2v) is 15.2. The maximum atomic E-state index is 13.0. The van der Waals surface area contributed by atoms with Crippen LogP contribution in [0.3, 0.4) is 0 Å². The average Bonchev–Trinajstić information content (AvgIpc) is 2.65. The number of hydrogen-bond acceptors (Lipinski definition) is 0. The highest BCUT2D eigenvalue weighted by atomic mass is 79.9. The number of fused-ring (bicyclic) bond motifs is 1. The Morgan fingerprint density at radius 1 is 0.469 bits per heavy atom. The molecule has 0 amide bonds. The lowest BCUT2D eigenvalue weighted by Crippen LogP contribution is -2.03. The fourth-order valence-electron chi connectivity index (χ4n) is 2.45. The zero-order chi connectivity index (χ0) is 24.5. The van der Waals surface area contributed by atoms with Gasteiger partial charge >= 0.3 is 9.66 Å². The van der Waals surface area contributed by atoms with Gasteiger partial charge in [-0.15, -0.1) is 0 Å². The van der Waals surface area contributed by atoms with Crippen molar-refractivity contribution >= 4 is 121 Å². The summed E-state index contributed by atoms with van der Waals surface area (Å²) in [5, 5.41) is 0.958. The van der Waals surface area contributed by atoms with E-state index in [2.05, 4.69) is 63.7 Å². The van der Waals surface area contributed by atoms with Gasteiger partial charge in [0.25, 0.3) is 0 Å². The van der Waals surface area contributed by atoms with Crippen molar-refractivity contribution in [3.63, 3.8) is 0 Å². The molecule has 12 heteroatoms. The molecule has 3 rings (SSSR count). The van der Waals surface area contributed by atoms with E-state index in [4.69, 9.17) is 46.4 Å². The van der Waals surface area contributed by atoms with Crippen molar-refractivity contribution < 1.29 is 17.6 Å². The van der Waals surface area contributed by atoms with Crippen LogP contribution in [0.25, 0.3) is 10.8 Å². The van der Waals surface area contributed by atoms with Crippen LogP contribution in [0, 0.1) is 0 Å². The van der Waals surface area contributed by atoms with Crippen LogP contribution in [0.4, 0.5) is 17.6 Å². The average molecular weight is 788 g/mol. The molecule has 0 atom stereocenters. The van der Waals surface area contributed by atoms with Gasteiger partial charge in [-0.25, -0.2) is 0 Å². The summed E-state index contributed by atoms with van der Waals surface area (Å²) in [7, 11) is 0. The van der Waals surface area contributed by atoms with Crippen molar-refractivity contribution in [2.75, 3.05) is 0 Å². The fraction of sp³-hybridized carbons (Fsp3) is 0.200. The van der Waals surface area contributed by atoms with Crippen molar-refractivity contribution in [3.8, 4) is 0 Å². The van der Waals surface area contributed by atoms with Crippen LogP contribution in [-0.2, 0) is 16.1 Å². The largest absolute Gasteiger partial charge is 0.326 e. The van der Waals surface area contributed by atoms with E-state index in [1.165, 1.54) is 36.4 Å². The molecule has 0 spiro atoms. The molecule has 0 unspecified atom stereocenters. The molecule has 0 saturated carbocycles. The summed E-state index contributed by atoms with van der Waals surface area (Å²) >= 11 is 34.1. The van der Waals surface area contributed by atoms with Crippen molar-refractivity contribution in [3.05, 3.63) is 82.9 Å². The van der Waals surface area contributed by atoms with Crippen molar-refractivity contribution in [1.29, 1.82) is 0 Å². The Kier molecular flexibility index (Phi) is 9.74. The van der Waals surface area contributed by atoms with E-state index in [-0.39, 0.29) is 11.1 Å². The molecule has 0 bridgehead atoms. The molecule has 0 radical (unpaired) electrons. The molecule has 0 aromatic heterocycles. The van der Waals surface area contributed by atoms with Gasteiger partial charge in [-0.2, -0.15) is 17.6 Å². The van der Waals surface area contributed by atoms with Crippen molar-refractivity contribution in [1.82, 2.24) is 0 Å². The Bertz CT molecular complexity index is 984. The van der Waals surface area contributed by atoms with E-state index < -0.39 is 16.1 Å². The van der Waals surface area contributed by atoms with Crippen LogP contribution in [0.2, 0.25) is 0 Å². The van der Waals surface area contributed by atoms with Gasteiger partial charge in [0.1, 0.15) is 0 Å². The van der Waals surface area contributed by atoms with Gasteiger partial charge in [-0.1, -0.05) is 94.9 Å². The Morgan fingerprint density at radius 3 is 0.938 bits per heavy atom. The first-order valence-corrected chi connectivity index (χ1v) is 13.0. The van der Waals surface area contributed by atoms with Crippen LogP contribution in [0.1, 0.15) is 22.3 Å². The number of rotatable bonds is 4. The third-order valence-electron chi connectivity index (χ3n) is 4.03. The standard InChI is InChI=1S/C12H6Br2F4.C8H4Br2Cl4/c13-11(15,16)9-3-1-7-5-10(12(14,17)18)4-2-8(7)6-9;9-7(11,12)5-1-2-6(4-3-5)8(10,13)14/h1-6H;1-4H. The second-order valence-electron chi connectivity index (χ2n) is 6.35. The first kappa shape index (κ1) is 29.0. The van der Waals surface area contributed by atoms with Gasteiger partial charge < -0.3 is 0 Å². The maximum absolute atomic E-state index is 13.0. The van der Waals surface area contributed by atoms with Crippen LogP contribution < -0.4 is 0 Å². The van der Waals surface area contributed by atoms with Crippen molar-refractivity contribution in [2.45, 2.75) is 16.1 Å². The van der Waals surface area contributed by atoms with Crippen LogP contribution in [0.5, 0.6) is 0 Å². The van der Waals surface area contributed by atoms with E-state index in [0.29, 0.717) is 10.8 Å². The molecule has 0 heterocycles. The normalized spacial score (nSPS) is 13.0. The summed E-state index contributed by atoms with van der Waals surface area (Å²) in [6.07, 6.45) is 0. The van der Waals surface area contributed by atoms with Crippen LogP contribution in [-0.4, -0.2) is 0 Å². The van der Waals surface area contributed by atoms with E-state index in [1.807, 2.05) is 0 Å². The Balaban J connectivity index is 0.000000235. The van der Waals surface area contributed by atoms with E-state index in [0.717, 1.165) is 11.1 Å². The van der Waals surface area contributed by atoms with Gasteiger partial charge in [-0.3, -0.25) is 0 Å². The number of halogens is 12. The quantitative estimate of drug-likeness (QED) is 0.183. The molecule has 0 aliphatic rings. The lowest BCUT2D eigenvalue weighted by Gasteiger charge is -2.15. The van der Waals surface area contributed by atoms with Gasteiger partial charge in [0.2, 0.25) is 0 Å². The molecular formula is C20H10Br4Cl4F4. The van der Waals surface area contributed by atoms with E-state index >= 15 is 0 Å². The molecular weight excluding hydrogens is 778 g/mol. The first-order valence-electron chi connectivity index (χ1n) is 8.32.